The third-order valence-electron chi connectivity index (χ3n) is 2.29. The predicted octanol–water partition coefficient (Wildman–Crippen LogP) is 2.36. The fourth-order valence-corrected chi connectivity index (χ4v) is 1.79. The van der Waals surface area contributed by atoms with E-state index in [0.29, 0.717) is 23.5 Å². The molecule has 0 unspecified atom stereocenters. The first-order chi connectivity index (χ1) is 8.17. The summed E-state index contributed by atoms with van der Waals surface area (Å²) in [6, 6.07) is 5.21. The Morgan fingerprint density at radius 3 is 2.94 bits per heavy atom. The number of ether oxygens (including phenoxy) is 1. The number of carbonyl (C=O) groups is 1. The van der Waals surface area contributed by atoms with Crippen molar-refractivity contribution in [2.45, 2.75) is 12.8 Å². The Morgan fingerprint density at radius 2 is 2.29 bits per heavy atom. The Balaban J connectivity index is 2.57. The zero-order chi connectivity index (χ0) is 12.7. The van der Waals surface area contributed by atoms with E-state index in [0.717, 1.165) is 12.2 Å². The lowest BCUT2D eigenvalue weighted by atomic mass is 10.2. The molecular weight excluding hydrogens is 236 g/mol. The van der Waals surface area contributed by atoms with E-state index in [2.05, 4.69) is 5.32 Å². The van der Waals surface area contributed by atoms with E-state index >= 15 is 0 Å². The Morgan fingerprint density at radius 1 is 1.53 bits per heavy atom. The van der Waals surface area contributed by atoms with Crippen molar-refractivity contribution in [3.63, 3.8) is 0 Å². The zero-order valence-electron chi connectivity index (χ0n) is 10.2. The number of thioether (sulfide) groups is 1. The first-order valence-corrected chi connectivity index (χ1v) is 6.79. The number of amides is 1. The van der Waals surface area contributed by atoms with Gasteiger partial charge in [-0.3, -0.25) is 4.79 Å². The maximum absolute atomic E-state index is 11.6. The van der Waals surface area contributed by atoms with Crippen molar-refractivity contribution in [3.8, 4) is 5.75 Å². The first kappa shape index (κ1) is 13.7. The van der Waals surface area contributed by atoms with Crippen LogP contribution < -0.4 is 15.8 Å². The number of nitrogens with two attached hydrogens (primary N) is 1. The fraction of sp³-hybridized carbons (Fsp3) is 0.417. The summed E-state index contributed by atoms with van der Waals surface area (Å²) >= 11 is 1.73. The maximum Gasteiger partial charge on any atom is 0.224 e. The molecule has 0 aliphatic rings. The second kappa shape index (κ2) is 7.06. The predicted molar refractivity (Wildman–Crippen MR) is 73.7 cm³/mol. The van der Waals surface area contributed by atoms with Crippen molar-refractivity contribution in [2.75, 3.05) is 30.2 Å². The molecule has 0 fully saturated rings. The summed E-state index contributed by atoms with van der Waals surface area (Å²) in [5, 5.41) is 2.79. The largest absolute Gasteiger partial charge is 0.497 e. The lowest BCUT2D eigenvalue weighted by molar-refractivity contribution is -0.116. The molecule has 1 rings (SSSR count). The number of nitrogens with one attached hydrogen (secondary N) is 1. The van der Waals surface area contributed by atoms with Gasteiger partial charge >= 0.3 is 0 Å². The topological polar surface area (TPSA) is 64.3 Å². The molecule has 5 heteroatoms. The van der Waals surface area contributed by atoms with Gasteiger partial charge in [-0.25, -0.2) is 0 Å². The number of rotatable bonds is 6. The summed E-state index contributed by atoms with van der Waals surface area (Å²) in [4.78, 5) is 11.6. The summed E-state index contributed by atoms with van der Waals surface area (Å²) in [5.41, 5.74) is 6.93. The Hall–Kier alpha value is -1.36. The number of benzene rings is 1. The molecule has 0 aromatic heterocycles. The molecule has 0 radical (unpaired) electrons. The molecule has 0 aliphatic carbocycles. The van der Waals surface area contributed by atoms with E-state index in [1.54, 1.807) is 37.1 Å². The molecule has 0 heterocycles. The van der Waals surface area contributed by atoms with Crippen molar-refractivity contribution in [2.24, 2.45) is 0 Å². The number of nitrogen functional groups attached to an aromatic ring is 1. The van der Waals surface area contributed by atoms with Crippen molar-refractivity contribution in [1.82, 2.24) is 0 Å². The lowest BCUT2D eigenvalue weighted by Crippen LogP contribution is -2.12. The molecule has 4 nitrogen and oxygen atoms in total. The monoisotopic (exact) mass is 254 g/mol. The smallest absolute Gasteiger partial charge is 0.224 e. The van der Waals surface area contributed by atoms with Crippen LogP contribution in [0.5, 0.6) is 5.75 Å². The maximum atomic E-state index is 11.6. The minimum Gasteiger partial charge on any atom is -0.497 e. The van der Waals surface area contributed by atoms with Gasteiger partial charge in [0, 0.05) is 12.5 Å². The molecule has 0 bridgehead atoms. The standard InChI is InChI=1S/C12H18N2O2S/c1-16-9-5-6-10(13)11(8-9)14-12(15)4-3-7-17-2/h5-6,8H,3-4,7,13H2,1-2H3,(H,14,15). The van der Waals surface area contributed by atoms with Crippen molar-refractivity contribution in [3.05, 3.63) is 18.2 Å². The minimum absolute atomic E-state index is 0.0148. The molecule has 94 valence electrons. The number of carbonyl (C=O) groups excluding carboxylic acids is 1. The quantitative estimate of drug-likeness (QED) is 0.604. The van der Waals surface area contributed by atoms with E-state index in [1.807, 2.05) is 6.26 Å². The van der Waals surface area contributed by atoms with Crippen LogP contribution in [0.1, 0.15) is 12.8 Å². The molecule has 1 aromatic rings. The molecule has 17 heavy (non-hydrogen) atoms. The molecular formula is C12H18N2O2S. The van der Waals surface area contributed by atoms with Gasteiger partial charge < -0.3 is 15.8 Å². The third kappa shape index (κ3) is 4.56. The number of anilines is 2. The van der Waals surface area contributed by atoms with Crippen LogP contribution in [-0.4, -0.2) is 25.0 Å². The minimum atomic E-state index is -0.0148. The Kier molecular flexibility index (Phi) is 5.69. The summed E-state index contributed by atoms with van der Waals surface area (Å²) < 4.78 is 5.08. The second-order valence-corrected chi connectivity index (χ2v) is 4.58. The van der Waals surface area contributed by atoms with Crippen LogP contribution in [0.25, 0.3) is 0 Å². The second-order valence-electron chi connectivity index (χ2n) is 3.60. The zero-order valence-corrected chi connectivity index (χ0v) is 11.0. The van der Waals surface area contributed by atoms with Crippen LogP contribution in [0.4, 0.5) is 11.4 Å². The number of hydrogen-bond donors (Lipinski definition) is 2. The van der Waals surface area contributed by atoms with E-state index in [1.165, 1.54) is 0 Å². The summed E-state index contributed by atoms with van der Waals surface area (Å²) in [7, 11) is 1.58. The molecule has 0 saturated carbocycles. The van der Waals surface area contributed by atoms with Gasteiger partial charge in [-0.2, -0.15) is 11.8 Å². The van der Waals surface area contributed by atoms with Crippen LogP contribution in [0, 0.1) is 0 Å². The van der Waals surface area contributed by atoms with Gasteiger partial charge in [0.2, 0.25) is 5.91 Å². The van der Waals surface area contributed by atoms with E-state index in [-0.39, 0.29) is 5.91 Å². The Bertz CT molecular complexity index is 383. The van der Waals surface area contributed by atoms with E-state index in [9.17, 15) is 4.79 Å². The highest BCUT2D eigenvalue weighted by Gasteiger charge is 2.06. The summed E-state index contributed by atoms with van der Waals surface area (Å²) in [6.07, 6.45) is 3.41. The molecule has 0 saturated heterocycles. The van der Waals surface area contributed by atoms with Crippen molar-refractivity contribution >= 4 is 29.0 Å². The van der Waals surface area contributed by atoms with Crippen LogP contribution in [0.2, 0.25) is 0 Å². The average molecular weight is 254 g/mol. The molecule has 1 amide bonds. The van der Waals surface area contributed by atoms with E-state index in [4.69, 9.17) is 10.5 Å². The molecule has 3 N–H and O–H groups in total. The average Bonchev–Trinajstić information content (AvgIpc) is 2.32. The van der Waals surface area contributed by atoms with Gasteiger partial charge in [0.15, 0.2) is 0 Å². The summed E-state index contributed by atoms with van der Waals surface area (Å²) in [6.45, 7) is 0. The van der Waals surface area contributed by atoms with Gasteiger partial charge in [-0.1, -0.05) is 0 Å². The molecule has 0 spiro atoms. The fourth-order valence-electron chi connectivity index (χ4n) is 1.36. The van der Waals surface area contributed by atoms with Gasteiger partial charge in [0.1, 0.15) is 5.75 Å². The molecule has 1 aromatic carbocycles. The van der Waals surface area contributed by atoms with Crippen LogP contribution in [0.15, 0.2) is 18.2 Å². The Labute approximate surface area is 106 Å². The van der Waals surface area contributed by atoms with Crippen molar-refractivity contribution in [1.29, 1.82) is 0 Å². The highest BCUT2D eigenvalue weighted by Crippen LogP contribution is 2.24. The van der Waals surface area contributed by atoms with Crippen molar-refractivity contribution < 1.29 is 9.53 Å². The van der Waals surface area contributed by atoms with Crippen LogP contribution in [-0.2, 0) is 4.79 Å². The number of methoxy groups -OCH3 is 1. The van der Waals surface area contributed by atoms with Gasteiger partial charge in [-0.15, -0.1) is 0 Å². The molecule has 0 atom stereocenters. The van der Waals surface area contributed by atoms with Crippen LogP contribution >= 0.6 is 11.8 Å². The third-order valence-corrected chi connectivity index (χ3v) is 2.98. The van der Waals surface area contributed by atoms with Gasteiger partial charge in [0.25, 0.3) is 0 Å². The normalized spacial score (nSPS) is 10.0. The van der Waals surface area contributed by atoms with E-state index < -0.39 is 0 Å². The molecule has 0 aliphatic heterocycles. The van der Waals surface area contributed by atoms with Gasteiger partial charge in [-0.05, 0) is 30.6 Å². The summed E-state index contributed by atoms with van der Waals surface area (Å²) in [5.74, 6) is 1.65. The highest BCUT2D eigenvalue weighted by molar-refractivity contribution is 7.98. The first-order valence-electron chi connectivity index (χ1n) is 5.39. The lowest BCUT2D eigenvalue weighted by Gasteiger charge is -2.09. The highest BCUT2D eigenvalue weighted by atomic mass is 32.2. The van der Waals surface area contributed by atoms with Crippen LogP contribution in [0.3, 0.4) is 0 Å². The SMILES string of the molecule is COc1ccc(N)c(NC(=O)CCCSC)c1. The van der Waals surface area contributed by atoms with Gasteiger partial charge in [0.05, 0.1) is 18.5 Å². The number of hydrogen-bond acceptors (Lipinski definition) is 4.